The second kappa shape index (κ2) is 5.99. The standard InChI is InChI=1S/C5H7NO2/c6-2-1-4-8-5-3-7/h1,4,7H,3,5H2. The van der Waals surface area contributed by atoms with Gasteiger partial charge in [-0.3, -0.25) is 0 Å². The molecule has 3 heteroatoms. The average Bonchev–Trinajstić information content (AvgIpc) is 1.81. The predicted molar refractivity (Wildman–Crippen MR) is 27.8 cm³/mol. The summed E-state index contributed by atoms with van der Waals surface area (Å²) in [4.78, 5) is 0. The normalized spacial score (nSPS) is 9.00. The Kier molecular flexibility index (Phi) is 5.23. The van der Waals surface area contributed by atoms with Crippen LogP contribution in [0.4, 0.5) is 0 Å². The predicted octanol–water partition coefficient (Wildman–Crippen LogP) is 0.0326. The van der Waals surface area contributed by atoms with Gasteiger partial charge in [-0.2, -0.15) is 5.26 Å². The molecule has 0 heterocycles. The molecule has 0 rings (SSSR count). The largest absolute Gasteiger partial charge is 0.498 e. The van der Waals surface area contributed by atoms with E-state index >= 15 is 0 Å². The third-order valence-electron chi connectivity index (χ3n) is 0.448. The molecule has 0 unspecified atom stereocenters. The highest BCUT2D eigenvalue weighted by Crippen LogP contribution is 1.73. The second-order valence-electron chi connectivity index (χ2n) is 1.03. The van der Waals surface area contributed by atoms with Gasteiger partial charge in [0.1, 0.15) is 6.61 Å². The molecule has 3 nitrogen and oxygen atoms in total. The summed E-state index contributed by atoms with van der Waals surface area (Å²) in [5.41, 5.74) is 0. The lowest BCUT2D eigenvalue weighted by molar-refractivity contribution is 0.166. The molecule has 0 aliphatic heterocycles. The fourth-order valence-corrected chi connectivity index (χ4v) is 0.199. The van der Waals surface area contributed by atoms with E-state index in [2.05, 4.69) is 4.74 Å². The number of ether oxygens (including phenoxy) is 1. The molecule has 0 aliphatic rings. The summed E-state index contributed by atoms with van der Waals surface area (Å²) in [5.74, 6) is 0. The molecule has 44 valence electrons. The first-order valence-electron chi connectivity index (χ1n) is 2.19. The number of hydrogen-bond acceptors (Lipinski definition) is 3. The third-order valence-corrected chi connectivity index (χ3v) is 0.448. The van der Waals surface area contributed by atoms with Gasteiger partial charge in [-0.05, 0) is 0 Å². The number of allylic oxidation sites excluding steroid dienone is 1. The third kappa shape index (κ3) is 4.99. The van der Waals surface area contributed by atoms with E-state index in [-0.39, 0.29) is 13.2 Å². The van der Waals surface area contributed by atoms with E-state index in [9.17, 15) is 0 Å². The zero-order valence-electron chi connectivity index (χ0n) is 4.37. The first-order chi connectivity index (χ1) is 3.91. The SMILES string of the molecule is N#CC=COCCO. The Hall–Kier alpha value is -1.01. The zero-order chi connectivity index (χ0) is 6.24. The van der Waals surface area contributed by atoms with Crippen LogP contribution >= 0.6 is 0 Å². The van der Waals surface area contributed by atoms with Crippen molar-refractivity contribution in [2.75, 3.05) is 13.2 Å². The molecule has 0 aromatic carbocycles. The summed E-state index contributed by atoms with van der Waals surface area (Å²) in [6, 6.07) is 1.74. The van der Waals surface area contributed by atoms with Crippen LogP contribution in [0.15, 0.2) is 12.3 Å². The van der Waals surface area contributed by atoms with Crippen LogP contribution in [0.5, 0.6) is 0 Å². The molecule has 0 radical (unpaired) electrons. The highest BCUT2D eigenvalue weighted by Gasteiger charge is 1.72. The monoisotopic (exact) mass is 113 g/mol. The Balaban J connectivity index is 2.94. The number of rotatable bonds is 3. The lowest BCUT2D eigenvalue weighted by Crippen LogP contribution is -1.91. The quantitative estimate of drug-likeness (QED) is 0.319. The molecule has 0 aromatic rings. The summed E-state index contributed by atoms with van der Waals surface area (Å²) in [5, 5.41) is 16.0. The Labute approximate surface area is 47.8 Å². The zero-order valence-corrected chi connectivity index (χ0v) is 4.37. The maximum absolute atomic E-state index is 8.12. The highest BCUT2D eigenvalue weighted by atomic mass is 16.5. The van der Waals surface area contributed by atoms with Gasteiger partial charge in [-0.15, -0.1) is 0 Å². The van der Waals surface area contributed by atoms with Gasteiger partial charge in [0, 0.05) is 0 Å². The molecule has 0 aliphatic carbocycles. The molecular weight excluding hydrogens is 106 g/mol. The van der Waals surface area contributed by atoms with E-state index in [0.29, 0.717) is 0 Å². The van der Waals surface area contributed by atoms with Crippen molar-refractivity contribution in [1.82, 2.24) is 0 Å². The minimum Gasteiger partial charge on any atom is -0.498 e. The molecule has 0 aromatic heterocycles. The molecule has 1 N–H and O–H groups in total. The van der Waals surface area contributed by atoms with Crippen molar-refractivity contribution < 1.29 is 9.84 Å². The second-order valence-corrected chi connectivity index (χ2v) is 1.03. The van der Waals surface area contributed by atoms with Crippen LogP contribution < -0.4 is 0 Å². The van der Waals surface area contributed by atoms with Gasteiger partial charge in [-0.1, -0.05) is 0 Å². The van der Waals surface area contributed by atoms with Gasteiger partial charge >= 0.3 is 0 Å². The lowest BCUT2D eigenvalue weighted by Gasteiger charge is -1.90. The number of hydrogen-bond donors (Lipinski definition) is 1. The Bertz CT molecular complexity index is 103. The summed E-state index contributed by atoms with van der Waals surface area (Å²) in [6.45, 7) is 0.230. The molecule has 0 spiro atoms. The number of aliphatic hydroxyl groups is 1. The van der Waals surface area contributed by atoms with Gasteiger partial charge in [0.05, 0.1) is 25.0 Å². The van der Waals surface area contributed by atoms with Crippen molar-refractivity contribution in [2.45, 2.75) is 0 Å². The molecule has 0 saturated heterocycles. The molecule has 0 bridgehead atoms. The first kappa shape index (κ1) is 6.99. The van der Waals surface area contributed by atoms with Crippen molar-refractivity contribution in [3.63, 3.8) is 0 Å². The summed E-state index contributed by atoms with van der Waals surface area (Å²) in [6.07, 6.45) is 2.45. The molecule has 0 amide bonds. The van der Waals surface area contributed by atoms with E-state index < -0.39 is 0 Å². The topological polar surface area (TPSA) is 53.2 Å². The van der Waals surface area contributed by atoms with Crippen LogP contribution in [0.1, 0.15) is 0 Å². The summed E-state index contributed by atoms with van der Waals surface area (Å²) in [7, 11) is 0. The summed E-state index contributed by atoms with van der Waals surface area (Å²) < 4.78 is 4.57. The molecule has 8 heavy (non-hydrogen) atoms. The van der Waals surface area contributed by atoms with E-state index in [4.69, 9.17) is 10.4 Å². The minimum absolute atomic E-state index is 0.0181. The van der Waals surface area contributed by atoms with Crippen molar-refractivity contribution in [1.29, 1.82) is 5.26 Å². The molecule has 0 fully saturated rings. The smallest absolute Gasteiger partial charge is 0.110 e. The van der Waals surface area contributed by atoms with Crippen molar-refractivity contribution in [3.05, 3.63) is 12.3 Å². The van der Waals surface area contributed by atoms with Crippen LogP contribution in [0.25, 0.3) is 0 Å². The van der Waals surface area contributed by atoms with Gasteiger partial charge in [0.25, 0.3) is 0 Å². The van der Waals surface area contributed by atoms with Crippen LogP contribution in [-0.2, 0) is 4.74 Å². The van der Waals surface area contributed by atoms with Gasteiger partial charge in [0.2, 0.25) is 0 Å². The molecule has 0 saturated carbocycles. The maximum Gasteiger partial charge on any atom is 0.110 e. The number of nitrogens with zero attached hydrogens (tertiary/aromatic N) is 1. The van der Waals surface area contributed by atoms with Gasteiger partial charge < -0.3 is 9.84 Å². The fraction of sp³-hybridized carbons (Fsp3) is 0.400. The van der Waals surface area contributed by atoms with Crippen LogP contribution in [-0.4, -0.2) is 18.3 Å². The fourth-order valence-electron chi connectivity index (χ4n) is 0.199. The van der Waals surface area contributed by atoms with E-state index in [1.807, 2.05) is 0 Å². The van der Waals surface area contributed by atoms with E-state index in [1.54, 1.807) is 6.07 Å². The van der Waals surface area contributed by atoms with Gasteiger partial charge in [0.15, 0.2) is 0 Å². The van der Waals surface area contributed by atoms with Crippen LogP contribution in [0, 0.1) is 11.3 Å². The first-order valence-corrected chi connectivity index (χ1v) is 2.19. The van der Waals surface area contributed by atoms with Crippen molar-refractivity contribution >= 4 is 0 Å². The van der Waals surface area contributed by atoms with Gasteiger partial charge in [-0.25, -0.2) is 0 Å². The Morgan fingerprint density at radius 1 is 1.75 bits per heavy atom. The van der Waals surface area contributed by atoms with Crippen LogP contribution in [0.2, 0.25) is 0 Å². The highest BCUT2D eigenvalue weighted by molar-refractivity contribution is 4.97. The van der Waals surface area contributed by atoms with E-state index in [1.165, 1.54) is 12.3 Å². The lowest BCUT2D eigenvalue weighted by atomic mass is 10.7. The van der Waals surface area contributed by atoms with E-state index in [0.717, 1.165) is 0 Å². The maximum atomic E-state index is 8.12. The molecule has 0 atom stereocenters. The Morgan fingerprint density at radius 2 is 2.50 bits per heavy atom. The minimum atomic E-state index is -0.0181. The van der Waals surface area contributed by atoms with Crippen molar-refractivity contribution in [2.24, 2.45) is 0 Å². The number of aliphatic hydroxyl groups excluding tert-OH is 1. The van der Waals surface area contributed by atoms with Crippen LogP contribution in [0.3, 0.4) is 0 Å². The number of nitriles is 1. The average molecular weight is 113 g/mol. The molecular formula is C5H7NO2. The summed E-state index contributed by atoms with van der Waals surface area (Å²) >= 11 is 0. The Morgan fingerprint density at radius 3 is 3.00 bits per heavy atom. The van der Waals surface area contributed by atoms with Crippen molar-refractivity contribution in [3.8, 4) is 6.07 Å².